The SMILES string of the molecule is O[C@@H]1[C@@H]([C@H](F)CC2CCCCC2)C2(CC2)NC[C@H]1O. The van der Waals surface area contributed by atoms with Crippen LogP contribution in [-0.4, -0.2) is 40.7 Å². The summed E-state index contributed by atoms with van der Waals surface area (Å²) < 4.78 is 14.7. The van der Waals surface area contributed by atoms with Crippen molar-refractivity contribution in [3.05, 3.63) is 0 Å². The van der Waals surface area contributed by atoms with Crippen LogP contribution in [0.2, 0.25) is 0 Å². The number of alkyl halides is 1. The van der Waals surface area contributed by atoms with Gasteiger partial charge in [0.05, 0.1) is 12.2 Å². The molecule has 0 aromatic rings. The molecule has 3 nitrogen and oxygen atoms in total. The molecule has 3 rings (SSSR count). The summed E-state index contributed by atoms with van der Waals surface area (Å²) in [5.74, 6) is 0.0593. The van der Waals surface area contributed by atoms with E-state index in [0.717, 1.165) is 25.7 Å². The third-order valence-electron chi connectivity index (χ3n) is 5.53. The van der Waals surface area contributed by atoms with Crippen LogP contribution in [0.1, 0.15) is 51.4 Å². The maximum atomic E-state index is 14.7. The van der Waals surface area contributed by atoms with Crippen LogP contribution in [0, 0.1) is 11.8 Å². The van der Waals surface area contributed by atoms with E-state index in [1.54, 1.807) is 0 Å². The summed E-state index contributed by atoms with van der Waals surface area (Å²) in [7, 11) is 0. The summed E-state index contributed by atoms with van der Waals surface area (Å²) in [5, 5.41) is 23.2. The number of piperidine rings is 1. The fraction of sp³-hybridized carbons (Fsp3) is 1.00. The summed E-state index contributed by atoms with van der Waals surface area (Å²) >= 11 is 0. The van der Waals surface area contributed by atoms with Gasteiger partial charge >= 0.3 is 0 Å². The molecule has 0 bridgehead atoms. The Kier molecular flexibility index (Phi) is 3.84. The Morgan fingerprint density at radius 3 is 2.47 bits per heavy atom. The Balaban J connectivity index is 1.64. The summed E-state index contributed by atoms with van der Waals surface area (Å²) in [5.41, 5.74) is -0.216. The molecule has 1 aliphatic heterocycles. The minimum atomic E-state index is -0.983. The van der Waals surface area contributed by atoms with E-state index in [2.05, 4.69) is 5.32 Å². The van der Waals surface area contributed by atoms with Crippen LogP contribution in [0.4, 0.5) is 4.39 Å². The lowest BCUT2D eigenvalue weighted by Crippen LogP contribution is -2.61. The number of β-amino-alcohol motifs (C(OH)–C–C–N with tert-alkyl or cyclic N) is 1. The number of hydrogen-bond donors (Lipinski definition) is 3. The first-order valence-corrected chi connectivity index (χ1v) is 7.88. The van der Waals surface area contributed by atoms with Crippen molar-refractivity contribution in [3.63, 3.8) is 0 Å². The van der Waals surface area contributed by atoms with E-state index in [1.165, 1.54) is 19.3 Å². The zero-order valence-corrected chi connectivity index (χ0v) is 11.5. The van der Waals surface area contributed by atoms with Crippen molar-refractivity contribution < 1.29 is 14.6 Å². The van der Waals surface area contributed by atoms with Gasteiger partial charge in [-0.15, -0.1) is 0 Å². The monoisotopic (exact) mass is 271 g/mol. The highest BCUT2D eigenvalue weighted by atomic mass is 19.1. The fourth-order valence-electron chi connectivity index (χ4n) is 4.21. The van der Waals surface area contributed by atoms with Crippen molar-refractivity contribution >= 4 is 0 Å². The Labute approximate surface area is 114 Å². The molecule has 0 aromatic heterocycles. The summed E-state index contributed by atoms with van der Waals surface area (Å²) in [6.45, 7) is 0.397. The smallest absolute Gasteiger partial charge is 0.108 e. The predicted octanol–water partition coefficient (Wildman–Crippen LogP) is 1.77. The zero-order valence-electron chi connectivity index (χ0n) is 11.5. The first kappa shape index (κ1) is 13.8. The third kappa shape index (κ3) is 2.67. The molecular formula is C15H26FNO2. The topological polar surface area (TPSA) is 52.5 Å². The van der Waals surface area contributed by atoms with E-state index in [9.17, 15) is 14.6 Å². The number of aliphatic hydroxyl groups is 2. The standard InChI is InChI=1S/C15H26FNO2/c16-11(8-10-4-2-1-3-5-10)13-14(19)12(18)9-17-15(13)6-7-15/h10-14,17-19H,1-9H2/t11-,12-,13-,14+/m1/s1. The molecule has 19 heavy (non-hydrogen) atoms. The van der Waals surface area contributed by atoms with Crippen LogP contribution in [0.15, 0.2) is 0 Å². The second-order valence-corrected chi connectivity index (χ2v) is 6.88. The van der Waals surface area contributed by atoms with E-state index in [-0.39, 0.29) is 5.54 Å². The van der Waals surface area contributed by atoms with Crippen LogP contribution in [-0.2, 0) is 0 Å². The average molecular weight is 271 g/mol. The van der Waals surface area contributed by atoms with E-state index in [1.807, 2.05) is 0 Å². The first-order chi connectivity index (χ1) is 9.12. The Bertz CT molecular complexity index is 315. The molecule has 3 N–H and O–H groups in total. The molecule has 1 heterocycles. The molecule has 4 heteroatoms. The lowest BCUT2D eigenvalue weighted by Gasteiger charge is -2.42. The van der Waals surface area contributed by atoms with Gasteiger partial charge in [-0.25, -0.2) is 4.39 Å². The largest absolute Gasteiger partial charge is 0.390 e. The molecular weight excluding hydrogens is 245 g/mol. The van der Waals surface area contributed by atoms with Crippen LogP contribution in [0.5, 0.6) is 0 Å². The molecule has 2 aliphatic carbocycles. The Morgan fingerprint density at radius 1 is 1.16 bits per heavy atom. The Morgan fingerprint density at radius 2 is 1.84 bits per heavy atom. The molecule has 0 unspecified atom stereocenters. The van der Waals surface area contributed by atoms with E-state index in [4.69, 9.17) is 0 Å². The van der Waals surface area contributed by atoms with Crippen LogP contribution >= 0.6 is 0 Å². The van der Waals surface area contributed by atoms with E-state index in [0.29, 0.717) is 18.9 Å². The van der Waals surface area contributed by atoms with Gasteiger partial charge in [-0.3, -0.25) is 0 Å². The fourth-order valence-corrected chi connectivity index (χ4v) is 4.21. The highest BCUT2D eigenvalue weighted by molar-refractivity contribution is 5.14. The molecule has 0 radical (unpaired) electrons. The van der Waals surface area contributed by atoms with Crippen LogP contribution < -0.4 is 5.32 Å². The molecule has 2 saturated carbocycles. The van der Waals surface area contributed by atoms with Gasteiger partial charge in [-0.05, 0) is 25.2 Å². The van der Waals surface area contributed by atoms with Crippen molar-refractivity contribution in [1.29, 1.82) is 0 Å². The number of halogens is 1. The predicted molar refractivity (Wildman–Crippen MR) is 71.6 cm³/mol. The maximum absolute atomic E-state index is 14.7. The lowest BCUT2D eigenvalue weighted by molar-refractivity contribution is -0.0850. The summed E-state index contributed by atoms with van der Waals surface area (Å²) in [6, 6.07) is 0. The zero-order chi connectivity index (χ0) is 13.5. The normalized spacial score (nSPS) is 40.3. The number of hydrogen-bond acceptors (Lipinski definition) is 3. The van der Waals surface area contributed by atoms with Gasteiger partial charge in [0.1, 0.15) is 6.17 Å². The van der Waals surface area contributed by atoms with E-state index < -0.39 is 24.3 Å². The van der Waals surface area contributed by atoms with Gasteiger partial charge < -0.3 is 15.5 Å². The van der Waals surface area contributed by atoms with Gasteiger partial charge in [0.15, 0.2) is 0 Å². The van der Waals surface area contributed by atoms with Crippen molar-refractivity contribution in [2.24, 2.45) is 11.8 Å². The minimum absolute atomic E-state index is 0.216. The number of nitrogens with one attached hydrogen (secondary N) is 1. The number of aliphatic hydroxyl groups excluding tert-OH is 2. The van der Waals surface area contributed by atoms with Crippen LogP contribution in [0.25, 0.3) is 0 Å². The van der Waals surface area contributed by atoms with Crippen molar-refractivity contribution in [3.8, 4) is 0 Å². The van der Waals surface area contributed by atoms with Crippen LogP contribution in [0.3, 0.4) is 0 Å². The lowest BCUT2D eigenvalue weighted by atomic mass is 9.76. The molecule has 0 amide bonds. The van der Waals surface area contributed by atoms with Gasteiger partial charge in [0, 0.05) is 18.0 Å². The van der Waals surface area contributed by atoms with Gasteiger partial charge in [0.2, 0.25) is 0 Å². The molecule has 1 spiro atoms. The maximum Gasteiger partial charge on any atom is 0.108 e. The first-order valence-electron chi connectivity index (χ1n) is 7.88. The molecule has 4 atom stereocenters. The quantitative estimate of drug-likeness (QED) is 0.733. The van der Waals surface area contributed by atoms with Crippen molar-refractivity contribution in [1.82, 2.24) is 5.32 Å². The van der Waals surface area contributed by atoms with Gasteiger partial charge in [0.25, 0.3) is 0 Å². The molecule has 0 aromatic carbocycles. The third-order valence-corrected chi connectivity index (χ3v) is 5.53. The molecule has 3 aliphatic rings. The molecule has 3 fully saturated rings. The highest BCUT2D eigenvalue weighted by Crippen LogP contribution is 2.49. The second-order valence-electron chi connectivity index (χ2n) is 6.88. The minimum Gasteiger partial charge on any atom is -0.390 e. The average Bonchev–Trinajstić information content (AvgIpc) is 3.16. The van der Waals surface area contributed by atoms with Gasteiger partial charge in [-0.1, -0.05) is 32.1 Å². The van der Waals surface area contributed by atoms with Crippen molar-refractivity contribution in [2.75, 3.05) is 6.54 Å². The van der Waals surface area contributed by atoms with E-state index >= 15 is 0 Å². The van der Waals surface area contributed by atoms with Gasteiger partial charge in [-0.2, -0.15) is 0 Å². The number of rotatable bonds is 3. The molecule has 1 saturated heterocycles. The molecule has 110 valence electrons. The Hall–Kier alpha value is -0.190. The van der Waals surface area contributed by atoms with Crippen molar-refractivity contribution in [2.45, 2.75) is 75.3 Å². The highest BCUT2D eigenvalue weighted by Gasteiger charge is 2.58. The second kappa shape index (κ2) is 5.30. The summed E-state index contributed by atoms with van der Waals surface area (Å²) in [4.78, 5) is 0. The summed E-state index contributed by atoms with van der Waals surface area (Å²) in [6.07, 6.45) is 5.72.